The van der Waals surface area contributed by atoms with E-state index < -0.39 is 5.60 Å². The average molecular weight is 393 g/mol. The number of nitrogens with zero attached hydrogens (tertiary/aromatic N) is 4. The Morgan fingerprint density at radius 2 is 1.79 bits per heavy atom. The van der Waals surface area contributed by atoms with Crippen LogP contribution >= 0.6 is 0 Å². The number of pyridine rings is 1. The Kier molecular flexibility index (Phi) is 4.37. The van der Waals surface area contributed by atoms with Crippen LogP contribution in [-0.4, -0.2) is 37.2 Å². The lowest BCUT2D eigenvalue weighted by Gasteiger charge is -2.52. The summed E-state index contributed by atoms with van der Waals surface area (Å²) in [5, 5.41) is 11.7. The summed E-state index contributed by atoms with van der Waals surface area (Å²) in [7, 11) is 3.64. The van der Waals surface area contributed by atoms with Gasteiger partial charge in [0.15, 0.2) is 0 Å². The van der Waals surface area contributed by atoms with Crippen LogP contribution in [0.25, 0.3) is 11.0 Å². The van der Waals surface area contributed by atoms with E-state index >= 15 is 0 Å². The number of hydrogen-bond donors (Lipinski definition) is 1. The Morgan fingerprint density at radius 1 is 1.07 bits per heavy atom. The highest BCUT2D eigenvalue weighted by atomic mass is 16.3. The van der Waals surface area contributed by atoms with Gasteiger partial charge in [0, 0.05) is 51.8 Å². The van der Waals surface area contributed by atoms with Crippen molar-refractivity contribution in [3.63, 3.8) is 0 Å². The highest BCUT2D eigenvalue weighted by Crippen LogP contribution is 2.48. The fourth-order valence-electron chi connectivity index (χ4n) is 5.60. The van der Waals surface area contributed by atoms with Gasteiger partial charge in [-0.25, -0.2) is 4.79 Å². The number of fused-ring (bicyclic) bond motifs is 3. The maximum Gasteiger partial charge on any atom is 0.328 e. The summed E-state index contributed by atoms with van der Waals surface area (Å²) in [5.74, 6) is 0.407. The van der Waals surface area contributed by atoms with Crippen molar-refractivity contribution >= 4 is 11.0 Å². The lowest BCUT2D eigenvalue weighted by molar-refractivity contribution is -0.151. The van der Waals surface area contributed by atoms with E-state index in [1.807, 2.05) is 38.4 Å². The number of imidazole rings is 1. The third-order valence-electron chi connectivity index (χ3n) is 7.12. The summed E-state index contributed by atoms with van der Waals surface area (Å²) in [5.41, 5.74) is 3.15. The van der Waals surface area contributed by atoms with Crippen LogP contribution in [0.1, 0.15) is 30.5 Å². The van der Waals surface area contributed by atoms with Crippen molar-refractivity contribution in [2.45, 2.75) is 31.4 Å². The molecule has 2 fully saturated rings. The molecule has 2 aliphatic rings. The standard InChI is InChI=1S/C23H28N4O2/c1-25-19-10-9-16(12-20(19)26(2)22(25)28)13-27-14-17-6-5-7-18(15-27)23(17,29)21-8-3-4-11-24-21/h3-4,8-12,17-18,29H,5-7,13-15H2,1-2H3/t17-,18-/m1/s1. The second-order valence-electron chi connectivity index (χ2n) is 8.78. The van der Waals surface area contributed by atoms with Crippen molar-refractivity contribution in [3.8, 4) is 0 Å². The minimum atomic E-state index is -0.816. The van der Waals surface area contributed by atoms with Gasteiger partial charge in [-0.1, -0.05) is 18.6 Å². The highest BCUT2D eigenvalue weighted by molar-refractivity contribution is 5.76. The van der Waals surface area contributed by atoms with Gasteiger partial charge >= 0.3 is 5.69 Å². The van der Waals surface area contributed by atoms with Crippen LogP contribution in [0.2, 0.25) is 0 Å². The van der Waals surface area contributed by atoms with E-state index in [1.165, 1.54) is 12.0 Å². The van der Waals surface area contributed by atoms with Gasteiger partial charge in [0.1, 0.15) is 5.60 Å². The van der Waals surface area contributed by atoms with Crippen LogP contribution in [0, 0.1) is 11.8 Å². The Morgan fingerprint density at radius 3 is 2.48 bits per heavy atom. The van der Waals surface area contributed by atoms with Crippen LogP contribution in [-0.2, 0) is 26.2 Å². The second kappa shape index (κ2) is 6.82. The molecule has 1 saturated heterocycles. The molecule has 1 aromatic carbocycles. The van der Waals surface area contributed by atoms with E-state index in [1.54, 1.807) is 15.3 Å². The minimum absolute atomic E-state index is 0.00470. The molecular formula is C23H28N4O2. The summed E-state index contributed by atoms with van der Waals surface area (Å²) < 4.78 is 3.40. The molecular weight excluding hydrogens is 364 g/mol. The van der Waals surface area contributed by atoms with Gasteiger partial charge in [-0.2, -0.15) is 0 Å². The molecule has 5 rings (SSSR count). The normalized spacial score (nSPS) is 27.4. The van der Waals surface area contributed by atoms with E-state index in [0.29, 0.717) is 0 Å². The van der Waals surface area contributed by atoms with Gasteiger partial charge < -0.3 is 5.11 Å². The molecule has 2 bridgehead atoms. The minimum Gasteiger partial charge on any atom is -0.383 e. The van der Waals surface area contributed by atoms with Crippen molar-refractivity contribution in [1.82, 2.24) is 19.0 Å². The topological polar surface area (TPSA) is 63.3 Å². The van der Waals surface area contributed by atoms with E-state index in [9.17, 15) is 9.90 Å². The van der Waals surface area contributed by atoms with E-state index in [0.717, 1.165) is 49.2 Å². The maximum atomic E-state index is 12.2. The molecule has 0 unspecified atom stereocenters. The molecule has 0 spiro atoms. The quantitative estimate of drug-likeness (QED) is 0.743. The number of piperidine rings is 1. The second-order valence-corrected chi connectivity index (χ2v) is 8.78. The van der Waals surface area contributed by atoms with Crippen molar-refractivity contribution < 1.29 is 5.11 Å². The first-order valence-electron chi connectivity index (χ1n) is 10.5. The Hall–Kier alpha value is -2.44. The zero-order valence-electron chi connectivity index (χ0n) is 17.1. The van der Waals surface area contributed by atoms with Gasteiger partial charge in [-0.3, -0.25) is 19.0 Å². The van der Waals surface area contributed by atoms with Gasteiger partial charge in [0.05, 0.1) is 16.7 Å². The zero-order valence-corrected chi connectivity index (χ0v) is 17.1. The van der Waals surface area contributed by atoms with Crippen molar-refractivity contribution in [2.24, 2.45) is 25.9 Å². The Labute approximate surface area is 170 Å². The van der Waals surface area contributed by atoms with Crippen molar-refractivity contribution in [2.75, 3.05) is 13.1 Å². The van der Waals surface area contributed by atoms with E-state index in [2.05, 4.69) is 22.0 Å². The Bertz CT molecular complexity index is 1090. The average Bonchev–Trinajstić information content (AvgIpc) is 2.93. The molecule has 1 aliphatic heterocycles. The number of benzene rings is 1. The largest absolute Gasteiger partial charge is 0.383 e. The molecule has 1 saturated carbocycles. The first-order valence-corrected chi connectivity index (χ1v) is 10.5. The molecule has 152 valence electrons. The molecule has 1 aliphatic carbocycles. The number of aromatic nitrogens is 3. The van der Waals surface area contributed by atoms with Crippen LogP contribution < -0.4 is 5.69 Å². The molecule has 3 heterocycles. The SMILES string of the molecule is Cn1c(=O)n(C)c2cc(CN3C[C@H]4CCC[C@H](C3)C4(O)c3ccccn3)ccc21. The van der Waals surface area contributed by atoms with Crippen LogP contribution in [0.15, 0.2) is 47.4 Å². The van der Waals surface area contributed by atoms with Gasteiger partial charge in [-0.05, 0) is 42.7 Å². The first-order chi connectivity index (χ1) is 14.0. The highest BCUT2D eigenvalue weighted by Gasteiger charge is 2.52. The van der Waals surface area contributed by atoms with Crippen molar-refractivity contribution in [1.29, 1.82) is 0 Å². The molecule has 6 heteroatoms. The smallest absolute Gasteiger partial charge is 0.328 e. The molecule has 29 heavy (non-hydrogen) atoms. The third kappa shape index (κ3) is 2.85. The molecule has 1 N–H and O–H groups in total. The number of aliphatic hydroxyl groups is 1. The van der Waals surface area contributed by atoms with Crippen molar-refractivity contribution in [3.05, 3.63) is 64.3 Å². The fourth-order valence-corrected chi connectivity index (χ4v) is 5.60. The van der Waals surface area contributed by atoms with Crippen LogP contribution in [0.4, 0.5) is 0 Å². The molecule has 6 nitrogen and oxygen atoms in total. The predicted molar refractivity (Wildman–Crippen MR) is 112 cm³/mol. The first kappa shape index (κ1) is 18.6. The van der Waals surface area contributed by atoms with Gasteiger partial charge in [0.25, 0.3) is 0 Å². The summed E-state index contributed by atoms with van der Waals surface area (Å²) in [6.45, 7) is 2.58. The third-order valence-corrected chi connectivity index (χ3v) is 7.12. The van der Waals surface area contributed by atoms with Crippen LogP contribution in [0.5, 0.6) is 0 Å². The maximum absolute atomic E-state index is 12.2. The number of hydrogen-bond acceptors (Lipinski definition) is 4. The van der Waals surface area contributed by atoms with Gasteiger partial charge in [-0.15, -0.1) is 0 Å². The van der Waals surface area contributed by atoms with Crippen LogP contribution in [0.3, 0.4) is 0 Å². The summed E-state index contributed by atoms with van der Waals surface area (Å²) in [6, 6.07) is 12.2. The fraction of sp³-hybridized carbons (Fsp3) is 0.478. The van der Waals surface area contributed by atoms with E-state index in [-0.39, 0.29) is 17.5 Å². The summed E-state index contributed by atoms with van der Waals surface area (Å²) >= 11 is 0. The number of likely N-dealkylation sites (tertiary alicyclic amines) is 1. The lowest BCUT2D eigenvalue weighted by atomic mass is 9.64. The predicted octanol–water partition coefficient (Wildman–Crippen LogP) is 2.39. The van der Waals surface area contributed by atoms with E-state index in [4.69, 9.17) is 0 Å². The zero-order chi connectivity index (χ0) is 20.2. The molecule has 2 aromatic heterocycles. The molecule has 0 radical (unpaired) electrons. The summed E-state index contributed by atoms with van der Waals surface area (Å²) in [4.78, 5) is 19.2. The summed E-state index contributed by atoms with van der Waals surface area (Å²) in [6.07, 6.45) is 5.03. The number of aryl methyl sites for hydroxylation is 2. The molecule has 2 atom stereocenters. The van der Waals surface area contributed by atoms with Gasteiger partial charge in [0.2, 0.25) is 0 Å². The Balaban J connectivity index is 1.41. The lowest BCUT2D eigenvalue weighted by Crippen LogP contribution is -2.58. The molecule has 0 amide bonds. The monoisotopic (exact) mass is 392 g/mol. The number of rotatable bonds is 3. The molecule has 3 aromatic rings.